The van der Waals surface area contributed by atoms with E-state index < -0.39 is 17.6 Å². The van der Waals surface area contributed by atoms with Gasteiger partial charge in [-0.05, 0) is 48.5 Å². The van der Waals surface area contributed by atoms with Gasteiger partial charge < -0.3 is 20.7 Å². The number of alkyl halides is 3. The van der Waals surface area contributed by atoms with E-state index in [-0.39, 0.29) is 22.9 Å². The van der Waals surface area contributed by atoms with E-state index in [2.05, 4.69) is 20.6 Å². The summed E-state index contributed by atoms with van der Waals surface area (Å²) in [4.78, 5) is 19.6. The number of benzene rings is 2. The van der Waals surface area contributed by atoms with Crippen LogP contribution in [0.4, 0.5) is 30.4 Å². The Morgan fingerprint density at radius 2 is 1.77 bits per heavy atom. The Hall–Kier alpha value is -4.01. The number of aromatic hydroxyl groups is 1. The lowest BCUT2D eigenvalue weighted by Gasteiger charge is -2.12. The second-order valence-electron chi connectivity index (χ2n) is 6.46. The van der Waals surface area contributed by atoms with E-state index in [1.165, 1.54) is 18.3 Å². The molecule has 30 heavy (non-hydrogen) atoms. The first kappa shape index (κ1) is 19.3. The number of aromatic amines is 1. The van der Waals surface area contributed by atoms with E-state index in [1.54, 1.807) is 36.5 Å². The Bertz CT molecular complexity index is 1220. The minimum absolute atomic E-state index is 0.0231. The van der Waals surface area contributed by atoms with E-state index >= 15 is 0 Å². The fourth-order valence-corrected chi connectivity index (χ4v) is 3.01. The molecule has 0 aliphatic carbocycles. The number of pyridine rings is 1. The molecule has 0 aliphatic rings. The predicted molar refractivity (Wildman–Crippen MR) is 107 cm³/mol. The van der Waals surface area contributed by atoms with Crippen LogP contribution in [0.3, 0.4) is 0 Å². The summed E-state index contributed by atoms with van der Waals surface area (Å²) < 4.78 is 38.1. The van der Waals surface area contributed by atoms with Crippen molar-refractivity contribution in [1.29, 1.82) is 0 Å². The normalized spacial score (nSPS) is 11.4. The summed E-state index contributed by atoms with van der Waals surface area (Å²) in [6.45, 7) is 0. The molecular formula is C21H15F3N4O2. The third kappa shape index (κ3) is 3.77. The highest BCUT2D eigenvalue weighted by Crippen LogP contribution is 2.32. The zero-order chi connectivity index (χ0) is 21.3. The number of halogens is 3. The number of rotatable bonds is 4. The van der Waals surface area contributed by atoms with Crippen LogP contribution in [0.5, 0.6) is 5.88 Å². The van der Waals surface area contributed by atoms with Crippen molar-refractivity contribution in [1.82, 2.24) is 9.97 Å². The van der Waals surface area contributed by atoms with E-state index in [4.69, 9.17) is 0 Å². The lowest BCUT2D eigenvalue weighted by atomic mass is 10.1. The van der Waals surface area contributed by atoms with Crippen molar-refractivity contribution in [3.63, 3.8) is 0 Å². The highest BCUT2D eigenvalue weighted by Gasteiger charge is 2.30. The number of hydrogen-bond donors (Lipinski definition) is 4. The zero-order valence-electron chi connectivity index (χ0n) is 15.3. The summed E-state index contributed by atoms with van der Waals surface area (Å²) in [5, 5.41) is 16.8. The van der Waals surface area contributed by atoms with Gasteiger partial charge in [0.15, 0.2) is 5.88 Å². The third-order valence-corrected chi connectivity index (χ3v) is 4.49. The summed E-state index contributed by atoms with van der Waals surface area (Å²) in [6, 6.07) is 12.5. The van der Waals surface area contributed by atoms with Gasteiger partial charge in [-0.3, -0.25) is 4.79 Å². The van der Waals surface area contributed by atoms with Gasteiger partial charge >= 0.3 is 6.18 Å². The highest BCUT2D eigenvalue weighted by atomic mass is 19.4. The second kappa shape index (κ2) is 7.43. The molecule has 0 radical (unpaired) electrons. The average Bonchev–Trinajstić information content (AvgIpc) is 3.10. The second-order valence-corrected chi connectivity index (χ2v) is 6.46. The zero-order valence-corrected chi connectivity index (χ0v) is 15.3. The minimum Gasteiger partial charge on any atom is -0.494 e. The number of nitrogens with zero attached hydrogens (tertiary/aromatic N) is 1. The van der Waals surface area contributed by atoms with Crippen molar-refractivity contribution in [3.8, 4) is 5.88 Å². The van der Waals surface area contributed by atoms with Crippen LogP contribution in [0, 0.1) is 0 Å². The molecule has 0 saturated heterocycles. The minimum atomic E-state index is -4.45. The van der Waals surface area contributed by atoms with E-state index in [0.29, 0.717) is 16.5 Å². The molecule has 4 N–H and O–H groups in total. The Kier molecular flexibility index (Phi) is 4.78. The number of anilines is 3. The smallest absolute Gasteiger partial charge is 0.416 e. The standard InChI is InChI=1S/C21H15F3N4O2/c22-21(23,24)12-6-8-13(9-7-12)27-20(30)15-4-2-10-25-18(15)28-17-5-1-3-14-16(17)11-26-19(14)29/h1-11,26,29H,(H,25,28)(H,27,30). The van der Waals surface area contributed by atoms with E-state index in [1.807, 2.05) is 0 Å². The molecule has 0 saturated carbocycles. The number of amides is 1. The van der Waals surface area contributed by atoms with Gasteiger partial charge in [-0.25, -0.2) is 4.98 Å². The van der Waals surface area contributed by atoms with Crippen LogP contribution in [0.2, 0.25) is 0 Å². The number of carbonyl (C=O) groups is 1. The number of fused-ring (bicyclic) bond motifs is 1. The van der Waals surface area contributed by atoms with Gasteiger partial charge in [0.25, 0.3) is 5.91 Å². The van der Waals surface area contributed by atoms with Crippen molar-refractivity contribution >= 4 is 33.9 Å². The Labute approximate surface area is 168 Å². The fourth-order valence-electron chi connectivity index (χ4n) is 3.01. The van der Waals surface area contributed by atoms with Crippen LogP contribution < -0.4 is 10.6 Å². The van der Waals surface area contributed by atoms with Crippen LogP contribution >= 0.6 is 0 Å². The topological polar surface area (TPSA) is 90.0 Å². The molecule has 0 atom stereocenters. The number of nitrogens with one attached hydrogen (secondary N) is 3. The van der Waals surface area contributed by atoms with Crippen LogP contribution in [-0.4, -0.2) is 21.0 Å². The molecular weight excluding hydrogens is 397 g/mol. The first-order valence-electron chi connectivity index (χ1n) is 8.82. The fraction of sp³-hybridized carbons (Fsp3) is 0.0476. The molecule has 6 nitrogen and oxygen atoms in total. The maximum atomic E-state index is 12.7. The largest absolute Gasteiger partial charge is 0.494 e. The lowest BCUT2D eigenvalue weighted by Crippen LogP contribution is -2.15. The Morgan fingerprint density at radius 1 is 1.00 bits per heavy atom. The Balaban J connectivity index is 1.59. The van der Waals surface area contributed by atoms with Crippen molar-refractivity contribution < 1.29 is 23.1 Å². The van der Waals surface area contributed by atoms with Gasteiger partial charge in [0.1, 0.15) is 5.82 Å². The molecule has 0 fully saturated rings. The highest BCUT2D eigenvalue weighted by molar-refractivity contribution is 6.08. The molecule has 152 valence electrons. The van der Waals surface area contributed by atoms with Gasteiger partial charge in [0.2, 0.25) is 0 Å². The molecule has 0 spiro atoms. The number of aromatic nitrogens is 2. The monoisotopic (exact) mass is 412 g/mol. The molecule has 2 aromatic heterocycles. The van der Waals surface area contributed by atoms with E-state index in [9.17, 15) is 23.1 Å². The predicted octanol–water partition coefficient (Wildman–Crippen LogP) is 5.28. The van der Waals surface area contributed by atoms with Gasteiger partial charge in [-0.2, -0.15) is 13.2 Å². The van der Waals surface area contributed by atoms with Crippen molar-refractivity contribution in [2.75, 3.05) is 10.6 Å². The summed E-state index contributed by atoms with van der Waals surface area (Å²) in [5.74, 6) is -0.250. The van der Waals surface area contributed by atoms with Gasteiger partial charge in [0, 0.05) is 34.5 Å². The number of hydrogen-bond acceptors (Lipinski definition) is 4. The quantitative estimate of drug-likeness (QED) is 0.367. The molecule has 0 aliphatic heterocycles. The lowest BCUT2D eigenvalue weighted by molar-refractivity contribution is -0.137. The SMILES string of the molecule is O=C(Nc1ccc(C(F)(F)F)cc1)c1cccnc1Nc1cccc2c(O)[nH]cc12. The number of carbonyl (C=O) groups excluding carboxylic acids is 1. The van der Waals surface area contributed by atoms with Crippen LogP contribution in [0.15, 0.2) is 67.0 Å². The van der Waals surface area contributed by atoms with Gasteiger partial charge in [-0.15, -0.1) is 0 Å². The molecule has 0 unspecified atom stereocenters. The molecule has 2 heterocycles. The maximum absolute atomic E-state index is 12.7. The third-order valence-electron chi connectivity index (χ3n) is 4.49. The molecule has 4 aromatic rings. The molecule has 4 rings (SSSR count). The first-order chi connectivity index (χ1) is 14.3. The summed E-state index contributed by atoms with van der Waals surface area (Å²) in [7, 11) is 0. The van der Waals surface area contributed by atoms with Crippen molar-refractivity contribution in [2.24, 2.45) is 0 Å². The van der Waals surface area contributed by atoms with Gasteiger partial charge in [-0.1, -0.05) is 6.07 Å². The van der Waals surface area contributed by atoms with Crippen LogP contribution in [0.1, 0.15) is 15.9 Å². The van der Waals surface area contributed by atoms with Crippen molar-refractivity contribution in [3.05, 3.63) is 78.1 Å². The van der Waals surface area contributed by atoms with Gasteiger partial charge in [0.05, 0.1) is 11.1 Å². The molecule has 1 amide bonds. The maximum Gasteiger partial charge on any atom is 0.416 e. The van der Waals surface area contributed by atoms with Crippen LogP contribution in [-0.2, 0) is 6.18 Å². The van der Waals surface area contributed by atoms with Crippen molar-refractivity contribution in [2.45, 2.75) is 6.18 Å². The average molecular weight is 412 g/mol. The molecule has 9 heteroatoms. The molecule has 2 aromatic carbocycles. The number of H-pyrrole nitrogens is 1. The Morgan fingerprint density at radius 3 is 2.50 bits per heavy atom. The first-order valence-corrected chi connectivity index (χ1v) is 8.82. The molecule has 0 bridgehead atoms. The summed E-state index contributed by atoms with van der Waals surface area (Å²) in [6.07, 6.45) is -1.32. The van der Waals surface area contributed by atoms with E-state index in [0.717, 1.165) is 12.1 Å². The summed E-state index contributed by atoms with van der Waals surface area (Å²) in [5.41, 5.74) is 0.244. The van der Waals surface area contributed by atoms with Crippen LogP contribution in [0.25, 0.3) is 10.8 Å². The summed E-state index contributed by atoms with van der Waals surface area (Å²) >= 11 is 0.